The molecule has 110 valence electrons. The number of rotatable bonds is 6. The van der Waals surface area contributed by atoms with E-state index in [9.17, 15) is 9.59 Å². The molecule has 1 unspecified atom stereocenters. The monoisotopic (exact) mass is 300 g/mol. The second-order valence-corrected chi connectivity index (χ2v) is 4.53. The van der Waals surface area contributed by atoms with Gasteiger partial charge in [0.25, 0.3) is 0 Å². The van der Waals surface area contributed by atoms with Crippen LogP contribution in [0.2, 0.25) is 5.02 Å². The van der Waals surface area contributed by atoms with Crippen molar-refractivity contribution < 1.29 is 19.4 Å². The molecule has 0 aliphatic rings. The van der Waals surface area contributed by atoms with Crippen LogP contribution in [0.25, 0.3) is 0 Å². The van der Waals surface area contributed by atoms with Crippen LogP contribution in [0, 0.1) is 5.92 Å². The van der Waals surface area contributed by atoms with E-state index in [1.165, 1.54) is 7.11 Å². The summed E-state index contributed by atoms with van der Waals surface area (Å²) in [5.74, 6) is -1.08. The lowest BCUT2D eigenvalue weighted by atomic mass is 10.1. The molecule has 0 saturated carbocycles. The van der Waals surface area contributed by atoms with Gasteiger partial charge in [0.1, 0.15) is 5.75 Å². The third-order valence-corrected chi connectivity index (χ3v) is 3.07. The molecule has 3 N–H and O–H groups in total. The normalized spacial score (nSPS) is 11.6. The summed E-state index contributed by atoms with van der Waals surface area (Å²) in [5, 5.41) is 14.4. The molecule has 0 spiro atoms. The van der Waals surface area contributed by atoms with E-state index in [0.29, 0.717) is 22.9 Å². The molecule has 0 aliphatic heterocycles. The minimum absolute atomic E-state index is 0.0718. The Hall–Kier alpha value is -1.95. The quantitative estimate of drug-likeness (QED) is 0.753. The first kappa shape index (κ1) is 16.1. The minimum Gasteiger partial charge on any atom is -0.495 e. The number of halogens is 1. The first-order chi connectivity index (χ1) is 9.47. The summed E-state index contributed by atoms with van der Waals surface area (Å²) in [6, 6.07) is 4.33. The number of carboxylic acids is 1. The van der Waals surface area contributed by atoms with Crippen molar-refractivity contribution in [3.05, 3.63) is 23.2 Å². The Morgan fingerprint density at radius 2 is 2.15 bits per heavy atom. The molecule has 0 aliphatic carbocycles. The Labute approximate surface area is 122 Å². The van der Waals surface area contributed by atoms with Crippen molar-refractivity contribution in [2.75, 3.05) is 19.0 Å². The van der Waals surface area contributed by atoms with Gasteiger partial charge in [0.05, 0.1) is 18.1 Å². The van der Waals surface area contributed by atoms with Gasteiger partial charge in [-0.3, -0.25) is 4.79 Å². The number of hydrogen-bond donors (Lipinski definition) is 3. The van der Waals surface area contributed by atoms with Crippen molar-refractivity contribution >= 4 is 29.3 Å². The van der Waals surface area contributed by atoms with E-state index < -0.39 is 17.9 Å². The molecule has 2 amide bonds. The lowest BCUT2D eigenvalue weighted by Crippen LogP contribution is -2.35. The maximum absolute atomic E-state index is 11.7. The van der Waals surface area contributed by atoms with Gasteiger partial charge in [0, 0.05) is 18.3 Å². The number of nitrogens with one attached hydrogen (secondary N) is 2. The third-order valence-electron chi connectivity index (χ3n) is 2.76. The van der Waals surface area contributed by atoms with Gasteiger partial charge in [-0.05, 0) is 18.6 Å². The molecule has 7 heteroatoms. The molecule has 0 fully saturated rings. The van der Waals surface area contributed by atoms with Crippen molar-refractivity contribution in [3.63, 3.8) is 0 Å². The molecule has 0 aromatic heterocycles. The smallest absolute Gasteiger partial charge is 0.319 e. The van der Waals surface area contributed by atoms with Gasteiger partial charge in [0.15, 0.2) is 0 Å². The standard InChI is InChI=1S/C13H17ClN2O4/c1-3-8(12(17)18)7-15-13(19)16-9-4-5-10(14)11(6-9)20-2/h4-6,8H,3,7H2,1-2H3,(H,17,18)(H2,15,16,19). The van der Waals surface area contributed by atoms with Crippen LogP contribution in [0.4, 0.5) is 10.5 Å². The van der Waals surface area contributed by atoms with Crippen LogP contribution in [-0.2, 0) is 4.79 Å². The summed E-state index contributed by atoms with van der Waals surface area (Å²) in [7, 11) is 1.48. The second kappa shape index (κ2) is 7.59. The van der Waals surface area contributed by atoms with Crippen LogP contribution in [0.5, 0.6) is 5.75 Å². The van der Waals surface area contributed by atoms with Gasteiger partial charge < -0.3 is 20.5 Å². The number of aliphatic carboxylic acids is 1. The van der Waals surface area contributed by atoms with Crippen molar-refractivity contribution in [1.29, 1.82) is 0 Å². The number of carbonyl (C=O) groups is 2. The number of carboxylic acid groups (broad SMARTS) is 1. The molecule has 0 radical (unpaired) electrons. The topological polar surface area (TPSA) is 87.7 Å². The molecule has 0 bridgehead atoms. The Kier molecular flexibility index (Phi) is 6.11. The largest absolute Gasteiger partial charge is 0.495 e. The van der Waals surface area contributed by atoms with E-state index in [-0.39, 0.29) is 6.54 Å². The first-order valence-corrected chi connectivity index (χ1v) is 6.47. The van der Waals surface area contributed by atoms with Gasteiger partial charge in [-0.15, -0.1) is 0 Å². The average Bonchev–Trinajstić information content (AvgIpc) is 2.41. The van der Waals surface area contributed by atoms with E-state index in [1.54, 1.807) is 25.1 Å². The highest BCUT2D eigenvalue weighted by Crippen LogP contribution is 2.27. The second-order valence-electron chi connectivity index (χ2n) is 4.13. The van der Waals surface area contributed by atoms with Crippen LogP contribution < -0.4 is 15.4 Å². The molecule has 1 aromatic rings. The highest BCUT2D eigenvalue weighted by atomic mass is 35.5. The van der Waals surface area contributed by atoms with Crippen LogP contribution in [0.15, 0.2) is 18.2 Å². The van der Waals surface area contributed by atoms with Crippen LogP contribution in [-0.4, -0.2) is 30.8 Å². The molecule has 1 aromatic carbocycles. The van der Waals surface area contributed by atoms with E-state index in [1.807, 2.05) is 0 Å². The number of anilines is 1. The zero-order valence-corrected chi connectivity index (χ0v) is 12.0. The fraction of sp³-hybridized carbons (Fsp3) is 0.385. The Balaban J connectivity index is 2.56. The Morgan fingerprint density at radius 3 is 2.70 bits per heavy atom. The Bertz CT molecular complexity index is 493. The van der Waals surface area contributed by atoms with Gasteiger partial charge >= 0.3 is 12.0 Å². The van der Waals surface area contributed by atoms with Gasteiger partial charge in [-0.25, -0.2) is 4.79 Å². The maximum Gasteiger partial charge on any atom is 0.319 e. The molecule has 0 saturated heterocycles. The Morgan fingerprint density at radius 1 is 1.45 bits per heavy atom. The number of urea groups is 1. The maximum atomic E-state index is 11.7. The molecule has 1 atom stereocenters. The van der Waals surface area contributed by atoms with Gasteiger partial charge in [0.2, 0.25) is 0 Å². The SMILES string of the molecule is CCC(CNC(=O)Nc1ccc(Cl)c(OC)c1)C(=O)O. The lowest BCUT2D eigenvalue weighted by molar-refractivity contribution is -0.141. The number of carbonyl (C=O) groups excluding carboxylic acids is 1. The van der Waals surface area contributed by atoms with Crippen molar-refractivity contribution in [2.45, 2.75) is 13.3 Å². The van der Waals surface area contributed by atoms with Crippen molar-refractivity contribution in [1.82, 2.24) is 5.32 Å². The summed E-state index contributed by atoms with van der Waals surface area (Å²) >= 11 is 5.87. The molecule has 0 heterocycles. The van der Waals surface area contributed by atoms with Gasteiger partial charge in [-0.1, -0.05) is 18.5 Å². The zero-order chi connectivity index (χ0) is 15.1. The van der Waals surface area contributed by atoms with Gasteiger partial charge in [-0.2, -0.15) is 0 Å². The number of hydrogen-bond acceptors (Lipinski definition) is 3. The highest BCUT2D eigenvalue weighted by Gasteiger charge is 2.15. The van der Waals surface area contributed by atoms with Crippen molar-refractivity contribution in [3.8, 4) is 5.75 Å². The number of methoxy groups -OCH3 is 1. The summed E-state index contributed by atoms with van der Waals surface area (Å²) in [6.45, 7) is 1.82. The molecule has 20 heavy (non-hydrogen) atoms. The lowest BCUT2D eigenvalue weighted by Gasteiger charge is -2.12. The number of amides is 2. The fourth-order valence-corrected chi connectivity index (χ4v) is 1.73. The third kappa shape index (κ3) is 4.62. The molecular weight excluding hydrogens is 284 g/mol. The van der Waals surface area contributed by atoms with E-state index in [2.05, 4.69) is 10.6 Å². The zero-order valence-electron chi connectivity index (χ0n) is 11.3. The summed E-state index contributed by atoms with van der Waals surface area (Å²) < 4.78 is 5.03. The van der Waals surface area contributed by atoms with Crippen molar-refractivity contribution in [2.24, 2.45) is 5.92 Å². The van der Waals surface area contributed by atoms with E-state index in [0.717, 1.165) is 0 Å². The average molecular weight is 301 g/mol. The summed E-state index contributed by atoms with van der Waals surface area (Å²) in [6.07, 6.45) is 0.449. The van der Waals surface area contributed by atoms with E-state index in [4.69, 9.17) is 21.4 Å². The number of ether oxygens (including phenoxy) is 1. The fourth-order valence-electron chi connectivity index (χ4n) is 1.53. The van der Waals surface area contributed by atoms with E-state index >= 15 is 0 Å². The molecule has 1 rings (SSSR count). The highest BCUT2D eigenvalue weighted by molar-refractivity contribution is 6.32. The molecule has 6 nitrogen and oxygen atoms in total. The van der Waals surface area contributed by atoms with Crippen LogP contribution >= 0.6 is 11.6 Å². The number of benzene rings is 1. The van der Waals surface area contributed by atoms with Crippen LogP contribution in [0.3, 0.4) is 0 Å². The molecular formula is C13H17ClN2O4. The van der Waals surface area contributed by atoms with Crippen LogP contribution in [0.1, 0.15) is 13.3 Å². The summed E-state index contributed by atoms with van der Waals surface area (Å²) in [5.41, 5.74) is 0.507. The predicted molar refractivity (Wildman–Crippen MR) is 76.4 cm³/mol. The minimum atomic E-state index is -0.930. The summed E-state index contributed by atoms with van der Waals surface area (Å²) in [4.78, 5) is 22.5. The predicted octanol–water partition coefficient (Wildman–Crippen LogP) is 2.58. The first-order valence-electron chi connectivity index (χ1n) is 6.09.